The summed E-state index contributed by atoms with van der Waals surface area (Å²) in [6.07, 6.45) is 23.7. The highest BCUT2D eigenvalue weighted by Crippen LogP contribution is 2.22. The van der Waals surface area contributed by atoms with E-state index in [1.54, 1.807) is 6.08 Å². The predicted octanol–water partition coefficient (Wildman–Crippen LogP) is 9.73. The third-order valence-electron chi connectivity index (χ3n) is 8.15. The maximum absolute atomic E-state index is 13.0. The number of ether oxygens (including phenoxy) is 4. The molecule has 280 valence electrons. The molecule has 0 aromatic heterocycles. The Kier molecular flexibility index (Phi) is 22.2. The van der Waals surface area contributed by atoms with Gasteiger partial charge in [-0.05, 0) is 71.9 Å². The Morgan fingerprint density at radius 3 is 2.52 bits per heavy atom. The van der Waals surface area contributed by atoms with Crippen LogP contribution < -0.4 is 5.73 Å². The zero-order chi connectivity index (χ0) is 37.5. The quantitative estimate of drug-likeness (QED) is 0.0385. The maximum Gasteiger partial charge on any atom is 0.404 e. The van der Waals surface area contributed by atoms with Crippen LogP contribution in [0.4, 0.5) is 4.79 Å². The number of amides is 1. The van der Waals surface area contributed by atoms with Crippen molar-refractivity contribution in [2.45, 2.75) is 130 Å². The number of hydrogen-bond donors (Lipinski definition) is 1. The van der Waals surface area contributed by atoms with E-state index in [2.05, 4.69) is 25.7 Å². The van der Waals surface area contributed by atoms with Gasteiger partial charge in [-0.2, -0.15) is 0 Å². The van der Waals surface area contributed by atoms with Crippen LogP contribution in [0.2, 0.25) is 25.7 Å². The smallest absolute Gasteiger partial charge is 0.404 e. The number of rotatable bonds is 13. The fourth-order valence-electron chi connectivity index (χ4n) is 5.24. The molecule has 0 saturated heterocycles. The lowest BCUT2D eigenvalue weighted by Crippen LogP contribution is -2.27. The number of cyclic esters (lactones) is 1. The highest BCUT2D eigenvalue weighted by atomic mass is 28.3. The topological polar surface area (TPSA) is 114 Å². The summed E-state index contributed by atoms with van der Waals surface area (Å²) >= 11 is 0. The number of nitrogens with two attached hydrogens (primary N) is 1. The molecule has 0 spiro atoms. The summed E-state index contributed by atoms with van der Waals surface area (Å²) in [7, 11) is -1.20. The molecule has 0 radical (unpaired) electrons. The van der Waals surface area contributed by atoms with Crippen molar-refractivity contribution < 1.29 is 33.3 Å². The van der Waals surface area contributed by atoms with Crippen LogP contribution in [0.3, 0.4) is 0 Å². The van der Waals surface area contributed by atoms with Crippen molar-refractivity contribution in [3.8, 4) is 0 Å². The average Bonchev–Trinajstić information content (AvgIpc) is 3.00. The summed E-state index contributed by atoms with van der Waals surface area (Å²) in [4.78, 5) is 36.7. The van der Waals surface area contributed by atoms with Crippen LogP contribution in [-0.2, 0) is 28.5 Å². The first-order valence-electron chi connectivity index (χ1n) is 18.1. The Labute approximate surface area is 303 Å². The summed E-state index contributed by atoms with van der Waals surface area (Å²) in [6.45, 7) is 19.7. The van der Waals surface area contributed by atoms with Gasteiger partial charge in [0.1, 0.15) is 19.0 Å². The standard InChI is InChI=1S/C41H65NO7Si/c1-31(2)27-36(43)19-16-18-32(3)28-35(6)39-29-33(4)17-12-10-14-21-38(49-41(42)45)34(5)23-24-37(20-13-11-15-22-40(44)48-39)47-30-46-25-26-50(7,8)9/h10,12,15-18,22-24,27-28,34-35,37-39H,11,13-14,19-21,25-26,29-30H2,1-9H3,(H2,42,45)/b12-10+,18-16+,22-15+,24-23+,32-28+,33-17+/t34-,35-,37-,38-,39-/m1/s1. The lowest BCUT2D eigenvalue weighted by molar-refractivity contribution is -0.144. The zero-order valence-corrected chi connectivity index (χ0v) is 33.2. The second-order valence-electron chi connectivity index (χ2n) is 14.9. The molecule has 1 aliphatic heterocycles. The molecule has 0 aromatic carbocycles. The number of carbonyl (C=O) groups is 3. The van der Waals surface area contributed by atoms with Gasteiger partial charge in [0.15, 0.2) is 5.78 Å². The van der Waals surface area contributed by atoms with Gasteiger partial charge in [0.2, 0.25) is 0 Å². The molecule has 50 heavy (non-hydrogen) atoms. The van der Waals surface area contributed by atoms with Crippen molar-refractivity contribution in [2.75, 3.05) is 13.4 Å². The number of primary amides is 1. The molecule has 1 rings (SSSR count). The molecule has 1 aliphatic rings. The van der Waals surface area contributed by atoms with E-state index in [1.807, 2.05) is 90.2 Å². The Morgan fingerprint density at radius 2 is 1.84 bits per heavy atom. The summed E-state index contributed by atoms with van der Waals surface area (Å²) in [5.41, 5.74) is 8.47. The lowest BCUT2D eigenvalue weighted by atomic mass is 9.95. The normalized spacial score (nSPS) is 25.7. The van der Waals surface area contributed by atoms with Gasteiger partial charge in [-0.1, -0.05) is 105 Å². The molecule has 1 amide bonds. The van der Waals surface area contributed by atoms with Gasteiger partial charge in [-0.15, -0.1) is 0 Å². The number of hydrogen-bond acceptors (Lipinski definition) is 7. The number of allylic oxidation sites excluding steroid dienone is 9. The van der Waals surface area contributed by atoms with Crippen molar-refractivity contribution in [3.05, 3.63) is 83.6 Å². The van der Waals surface area contributed by atoms with Crippen LogP contribution in [0.25, 0.3) is 0 Å². The van der Waals surface area contributed by atoms with E-state index in [0.29, 0.717) is 38.7 Å². The largest absolute Gasteiger partial charge is 0.458 e. The molecule has 0 unspecified atom stereocenters. The van der Waals surface area contributed by atoms with Gasteiger partial charge in [-0.25, -0.2) is 9.59 Å². The highest BCUT2D eigenvalue weighted by molar-refractivity contribution is 6.76. The van der Waals surface area contributed by atoms with Crippen molar-refractivity contribution >= 4 is 25.9 Å². The molecule has 1 heterocycles. The van der Waals surface area contributed by atoms with Crippen molar-refractivity contribution in [2.24, 2.45) is 17.6 Å². The Morgan fingerprint density at radius 1 is 1.10 bits per heavy atom. The van der Waals surface area contributed by atoms with Crippen LogP contribution in [0, 0.1) is 11.8 Å². The molecule has 2 N–H and O–H groups in total. The number of esters is 1. The molecule has 8 nitrogen and oxygen atoms in total. The van der Waals surface area contributed by atoms with E-state index in [1.165, 1.54) is 6.08 Å². The van der Waals surface area contributed by atoms with Crippen LogP contribution in [0.1, 0.15) is 86.5 Å². The highest BCUT2D eigenvalue weighted by Gasteiger charge is 2.21. The summed E-state index contributed by atoms with van der Waals surface area (Å²) in [5, 5.41) is 0. The van der Waals surface area contributed by atoms with E-state index in [4.69, 9.17) is 24.7 Å². The van der Waals surface area contributed by atoms with Crippen molar-refractivity contribution in [1.29, 1.82) is 0 Å². The Balaban J connectivity index is 3.15. The van der Waals surface area contributed by atoms with Crippen LogP contribution >= 0.6 is 0 Å². The van der Waals surface area contributed by atoms with E-state index in [0.717, 1.165) is 35.6 Å². The van der Waals surface area contributed by atoms with E-state index < -0.39 is 14.2 Å². The summed E-state index contributed by atoms with van der Waals surface area (Å²) in [6, 6.07) is 1.07. The second-order valence-corrected chi connectivity index (χ2v) is 20.5. The molecule has 0 aliphatic carbocycles. The molecular formula is C41H65NO7Si. The number of ketones is 1. The van der Waals surface area contributed by atoms with Gasteiger partial charge in [0.25, 0.3) is 0 Å². The SMILES string of the molecule is CC(C)=CC(=O)C/C=C/C(C)=C/[C@@H](C)[C@H]1C/C(C)=C/C=C/CC[C@@H](OC(N)=O)[C@H](C)/C=C/[C@H](OCOCC[Si](C)(C)C)CCC/C=C/C(=O)O1. The molecule has 0 aromatic rings. The molecule has 9 heteroatoms. The predicted molar refractivity (Wildman–Crippen MR) is 207 cm³/mol. The third-order valence-corrected chi connectivity index (χ3v) is 9.85. The van der Waals surface area contributed by atoms with Crippen LogP contribution in [0.5, 0.6) is 0 Å². The molecule has 0 fully saturated rings. The second kappa shape index (κ2) is 24.8. The fraction of sp³-hybridized carbons (Fsp3) is 0.585. The van der Waals surface area contributed by atoms with Crippen molar-refractivity contribution in [3.63, 3.8) is 0 Å². The fourth-order valence-corrected chi connectivity index (χ4v) is 6.00. The van der Waals surface area contributed by atoms with E-state index in [-0.39, 0.29) is 48.7 Å². The molecule has 5 atom stereocenters. The van der Waals surface area contributed by atoms with E-state index in [9.17, 15) is 14.4 Å². The first kappa shape index (κ1) is 44.7. The Bertz CT molecular complexity index is 1260. The first-order chi connectivity index (χ1) is 23.6. The minimum absolute atomic E-state index is 0.0680. The van der Waals surface area contributed by atoms with Gasteiger partial charge < -0.3 is 24.7 Å². The zero-order valence-electron chi connectivity index (χ0n) is 32.2. The monoisotopic (exact) mass is 711 g/mol. The Hall–Kier alpha value is -3.27. The summed E-state index contributed by atoms with van der Waals surface area (Å²) < 4.78 is 23.4. The van der Waals surface area contributed by atoms with Crippen LogP contribution in [0.15, 0.2) is 83.6 Å². The number of carbonyl (C=O) groups excluding carboxylic acids is 3. The minimum atomic E-state index is -1.20. The lowest BCUT2D eigenvalue weighted by Gasteiger charge is -2.22. The van der Waals surface area contributed by atoms with Crippen LogP contribution in [-0.4, -0.2) is 57.6 Å². The minimum Gasteiger partial charge on any atom is -0.458 e. The third kappa shape index (κ3) is 23.2. The first-order valence-corrected chi connectivity index (χ1v) is 21.8. The maximum atomic E-state index is 13.0. The van der Waals surface area contributed by atoms with Gasteiger partial charge >= 0.3 is 12.1 Å². The van der Waals surface area contributed by atoms with Gasteiger partial charge in [0.05, 0.1) is 6.10 Å². The van der Waals surface area contributed by atoms with Gasteiger partial charge in [-0.3, -0.25) is 4.79 Å². The molecule has 0 bridgehead atoms. The average molecular weight is 712 g/mol. The van der Waals surface area contributed by atoms with E-state index >= 15 is 0 Å². The summed E-state index contributed by atoms with van der Waals surface area (Å²) in [5.74, 6) is -0.440. The van der Waals surface area contributed by atoms with Gasteiger partial charge in [0, 0.05) is 45.4 Å². The molecular weight excluding hydrogens is 647 g/mol. The molecule has 0 saturated carbocycles. The van der Waals surface area contributed by atoms with Crippen molar-refractivity contribution in [1.82, 2.24) is 0 Å².